The molecule has 3 aromatic rings. The van der Waals surface area contributed by atoms with Gasteiger partial charge >= 0.3 is 0 Å². The van der Waals surface area contributed by atoms with Gasteiger partial charge in [0.05, 0.1) is 13.2 Å². The van der Waals surface area contributed by atoms with Crippen molar-refractivity contribution >= 4 is 5.95 Å². The van der Waals surface area contributed by atoms with Crippen LogP contribution in [0, 0.1) is 0 Å². The van der Waals surface area contributed by atoms with Gasteiger partial charge in [-0.25, -0.2) is 4.98 Å². The molecule has 8 nitrogen and oxygen atoms in total. The largest absolute Gasteiger partial charge is 0.462 e. The van der Waals surface area contributed by atoms with E-state index in [9.17, 15) is 4.79 Å². The Kier molecular flexibility index (Phi) is 6.94. The van der Waals surface area contributed by atoms with Gasteiger partial charge in [0.25, 0.3) is 5.56 Å². The van der Waals surface area contributed by atoms with E-state index in [2.05, 4.69) is 20.3 Å². The summed E-state index contributed by atoms with van der Waals surface area (Å²) in [5, 5.41) is 3.05. The van der Waals surface area contributed by atoms with Gasteiger partial charge < -0.3 is 19.4 Å². The first-order chi connectivity index (χ1) is 13.6. The summed E-state index contributed by atoms with van der Waals surface area (Å²) in [4.78, 5) is 25.3. The fraction of sp³-hybridized carbons (Fsp3) is 0.350. The van der Waals surface area contributed by atoms with Crippen molar-refractivity contribution in [2.75, 3.05) is 32.6 Å². The molecule has 3 aromatic heterocycles. The molecule has 0 spiro atoms. The third-order valence-corrected chi connectivity index (χ3v) is 3.96. The molecule has 0 atom stereocenters. The maximum Gasteiger partial charge on any atom is 0.255 e. The van der Waals surface area contributed by atoms with Crippen LogP contribution < -0.4 is 10.9 Å². The molecule has 3 heterocycles. The number of aromatic nitrogens is 3. The lowest BCUT2D eigenvalue weighted by molar-refractivity contribution is 0.113. The Morgan fingerprint density at radius 2 is 2.07 bits per heavy atom. The number of pyridine rings is 1. The van der Waals surface area contributed by atoms with Crippen molar-refractivity contribution in [1.29, 1.82) is 0 Å². The van der Waals surface area contributed by atoms with E-state index in [1.165, 1.54) is 0 Å². The predicted octanol–water partition coefficient (Wildman–Crippen LogP) is 2.04. The van der Waals surface area contributed by atoms with E-state index in [4.69, 9.17) is 9.15 Å². The number of H-pyrrole nitrogens is 1. The van der Waals surface area contributed by atoms with Gasteiger partial charge in [-0.2, -0.15) is 0 Å². The fourth-order valence-corrected chi connectivity index (χ4v) is 2.67. The van der Waals surface area contributed by atoms with Gasteiger partial charge in [0.15, 0.2) is 0 Å². The molecule has 2 N–H and O–H groups in total. The maximum absolute atomic E-state index is 12.2. The highest BCUT2D eigenvalue weighted by Gasteiger charge is 2.05. The van der Waals surface area contributed by atoms with Crippen LogP contribution in [0.4, 0.5) is 5.95 Å². The zero-order chi connectivity index (χ0) is 19.8. The van der Waals surface area contributed by atoms with Crippen LogP contribution in [0.2, 0.25) is 0 Å². The molecule has 0 saturated heterocycles. The first-order valence-electron chi connectivity index (χ1n) is 9.11. The molecule has 0 aliphatic rings. The van der Waals surface area contributed by atoms with Crippen molar-refractivity contribution in [3.05, 3.63) is 75.9 Å². The second-order valence-corrected chi connectivity index (χ2v) is 6.71. The SMILES string of the molecule is CN(C)Cc1ccc(COCCNc2ncc(Cc3cccnc3)c(=O)[nH]2)o1. The number of nitrogens with one attached hydrogen (secondary N) is 2. The Bertz CT molecular complexity index is 921. The van der Waals surface area contributed by atoms with Crippen LogP contribution in [0.25, 0.3) is 0 Å². The number of anilines is 1. The van der Waals surface area contributed by atoms with Crippen molar-refractivity contribution in [3.63, 3.8) is 0 Å². The smallest absolute Gasteiger partial charge is 0.255 e. The van der Waals surface area contributed by atoms with Gasteiger partial charge in [0.1, 0.15) is 18.1 Å². The quantitative estimate of drug-likeness (QED) is 0.517. The molecule has 0 aromatic carbocycles. The van der Waals surface area contributed by atoms with Gasteiger partial charge in [-0.05, 0) is 37.9 Å². The minimum absolute atomic E-state index is 0.161. The summed E-state index contributed by atoms with van der Waals surface area (Å²) >= 11 is 0. The standard InChI is InChI=1S/C20H25N5O3/c1-25(2)13-17-5-6-18(28-17)14-27-9-8-22-20-23-12-16(19(26)24-20)10-15-4-3-7-21-11-15/h3-7,11-12H,8-10,13-14H2,1-2H3,(H2,22,23,24,26). The molecule has 0 amide bonds. The molecule has 8 heteroatoms. The number of nitrogens with zero attached hydrogens (tertiary/aromatic N) is 3. The Labute approximate surface area is 163 Å². The van der Waals surface area contributed by atoms with Gasteiger partial charge in [0.2, 0.25) is 5.95 Å². The second kappa shape index (κ2) is 9.82. The van der Waals surface area contributed by atoms with Crippen molar-refractivity contribution in [1.82, 2.24) is 19.9 Å². The van der Waals surface area contributed by atoms with Crippen LogP contribution in [0.1, 0.15) is 22.6 Å². The third kappa shape index (κ3) is 6.04. The van der Waals surface area contributed by atoms with E-state index >= 15 is 0 Å². The minimum Gasteiger partial charge on any atom is -0.462 e. The molecular formula is C20H25N5O3. The summed E-state index contributed by atoms with van der Waals surface area (Å²) in [6.45, 7) is 2.15. The average molecular weight is 383 g/mol. The van der Waals surface area contributed by atoms with E-state index in [0.29, 0.717) is 37.7 Å². The first-order valence-corrected chi connectivity index (χ1v) is 9.11. The topological polar surface area (TPSA) is 96.3 Å². The molecule has 0 saturated carbocycles. The number of rotatable bonds is 10. The molecule has 28 heavy (non-hydrogen) atoms. The summed E-state index contributed by atoms with van der Waals surface area (Å²) in [6.07, 6.45) is 5.53. The van der Waals surface area contributed by atoms with Crippen LogP contribution >= 0.6 is 0 Å². The highest BCUT2D eigenvalue weighted by Crippen LogP contribution is 2.10. The molecule has 3 rings (SSSR count). The molecule has 0 radical (unpaired) electrons. The Balaban J connectivity index is 1.41. The highest BCUT2D eigenvalue weighted by atomic mass is 16.5. The predicted molar refractivity (Wildman–Crippen MR) is 106 cm³/mol. The van der Waals surface area contributed by atoms with Gasteiger partial charge in [-0.15, -0.1) is 0 Å². The molecule has 0 fully saturated rings. The summed E-state index contributed by atoms with van der Waals surface area (Å²) in [6, 6.07) is 7.65. The van der Waals surface area contributed by atoms with Crippen LogP contribution in [0.5, 0.6) is 0 Å². The molecule has 0 unspecified atom stereocenters. The lowest BCUT2D eigenvalue weighted by Crippen LogP contribution is -2.19. The third-order valence-electron chi connectivity index (χ3n) is 3.96. The van der Waals surface area contributed by atoms with Crippen molar-refractivity contribution in [2.45, 2.75) is 19.6 Å². The van der Waals surface area contributed by atoms with E-state index in [-0.39, 0.29) is 5.56 Å². The van der Waals surface area contributed by atoms with Gasteiger partial charge in [-0.3, -0.25) is 14.8 Å². The number of hydrogen-bond donors (Lipinski definition) is 2. The van der Waals surface area contributed by atoms with Crippen LogP contribution in [-0.2, 0) is 24.3 Å². The van der Waals surface area contributed by atoms with Gasteiger partial charge in [-0.1, -0.05) is 6.07 Å². The van der Waals surface area contributed by atoms with Crippen molar-refractivity contribution in [2.24, 2.45) is 0 Å². The Morgan fingerprint density at radius 3 is 2.82 bits per heavy atom. The highest BCUT2D eigenvalue weighted by molar-refractivity contribution is 5.27. The number of ether oxygens (including phenoxy) is 1. The van der Waals surface area contributed by atoms with E-state index in [1.807, 2.05) is 43.3 Å². The fourth-order valence-electron chi connectivity index (χ4n) is 2.67. The molecular weight excluding hydrogens is 358 g/mol. The van der Waals surface area contributed by atoms with E-state index < -0.39 is 0 Å². The van der Waals surface area contributed by atoms with Crippen LogP contribution in [0.15, 0.2) is 52.1 Å². The molecule has 148 valence electrons. The molecule has 0 bridgehead atoms. The molecule has 0 aliphatic carbocycles. The van der Waals surface area contributed by atoms with Crippen LogP contribution in [0.3, 0.4) is 0 Å². The maximum atomic E-state index is 12.2. The summed E-state index contributed by atoms with van der Waals surface area (Å²) in [7, 11) is 3.99. The zero-order valence-electron chi connectivity index (χ0n) is 16.1. The number of furan rings is 1. The normalized spacial score (nSPS) is 11.1. The van der Waals surface area contributed by atoms with E-state index in [1.54, 1.807) is 18.6 Å². The zero-order valence-corrected chi connectivity index (χ0v) is 16.1. The summed E-state index contributed by atoms with van der Waals surface area (Å²) in [5.41, 5.74) is 1.41. The minimum atomic E-state index is -0.161. The van der Waals surface area contributed by atoms with Gasteiger partial charge in [0, 0.05) is 37.1 Å². The van der Waals surface area contributed by atoms with Crippen molar-refractivity contribution in [3.8, 4) is 0 Å². The molecule has 0 aliphatic heterocycles. The van der Waals surface area contributed by atoms with E-state index in [0.717, 1.165) is 23.6 Å². The number of aromatic amines is 1. The van der Waals surface area contributed by atoms with Crippen LogP contribution in [-0.4, -0.2) is 47.1 Å². The first kappa shape index (κ1) is 19.8. The summed E-state index contributed by atoms with van der Waals surface area (Å²) < 4.78 is 11.3. The average Bonchev–Trinajstić information content (AvgIpc) is 3.11. The Hall–Kier alpha value is -2.97. The lowest BCUT2D eigenvalue weighted by Gasteiger charge is -2.07. The lowest BCUT2D eigenvalue weighted by atomic mass is 10.1. The summed E-state index contributed by atoms with van der Waals surface area (Å²) in [5.74, 6) is 2.13. The second-order valence-electron chi connectivity index (χ2n) is 6.71. The monoisotopic (exact) mass is 383 g/mol. The van der Waals surface area contributed by atoms with Crippen molar-refractivity contribution < 1.29 is 9.15 Å². The Morgan fingerprint density at radius 1 is 1.21 bits per heavy atom. The number of hydrogen-bond acceptors (Lipinski definition) is 7.